The lowest BCUT2D eigenvalue weighted by Gasteiger charge is -2.34. The summed E-state index contributed by atoms with van der Waals surface area (Å²) in [5.74, 6) is 0.583. The van der Waals surface area contributed by atoms with Gasteiger partial charge in [-0.2, -0.15) is 0 Å². The summed E-state index contributed by atoms with van der Waals surface area (Å²) in [5.41, 5.74) is 7.88. The summed E-state index contributed by atoms with van der Waals surface area (Å²) < 4.78 is 0. The lowest BCUT2D eigenvalue weighted by atomic mass is 9.88. The number of rotatable bonds is 9. The molecule has 5 heteroatoms. The van der Waals surface area contributed by atoms with Crippen molar-refractivity contribution in [2.45, 2.75) is 44.4 Å². The zero-order chi connectivity index (χ0) is 27.5. The first-order valence-corrected chi connectivity index (χ1v) is 15.4. The topological polar surface area (TPSA) is 35.6 Å². The molecular formula is C35H40ClN3O. The number of nitrogens with one attached hydrogen (secondary N) is 1. The Balaban J connectivity index is 1.01. The second kappa shape index (κ2) is 12.2. The SMILES string of the molecule is C=C(NCCCN1CCCC1)c1ccc(CC2CCN(C(=O)C3c4ccccc4-c4ccccc43)CC2)c(Cl)c1. The van der Waals surface area contributed by atoms with E-state index in [2.05, 4.69) is 76.3 Å². The molecule has 3 aromatic rings. The molecule has 0 unspecified atom stereocenters. The molecule has 4 nitrogen and oxygen atoms in total. The smallest absolute Gasteiger partial charge is 0.234 e. The molecule has 6 rings (SSSR count). The van der Waals surface area contributed by atoms with E-state index in [1.54, 1.807) is 0 Å². The third-order valence-corrected chi connectivity index (χ3v) is 9.46. The Morgan fingerprint density at radius 2 is 1.55 bits per heavy atom. The monoisotopic (exact) mass is 553 g/mol. The zero-order valence-corrected chi connectivity index (χ0v) is 24.1. The van der Waals surface area contributed by atoms with Crippen molar-refractivity contribution >= 4 is 23.2 Å². The minimum atomic E-state index is -0.187. The van der Waals surface area contributed by atoms with Crippen molar-refractivity contribution in [3.05, 3.63) is 101 Å². The molecule has 2 heterocycles. The summed E-state index contributed by atoms with van der Waals surface area (Å²) in [6, 6.07) is 23.1. The largest absolute Gasteiger partial charge is 0.385 e. The number of hydrogen-bond donors (Lipinski definition) is 1. The van der Waals surface area contributed by atoms with Gasteiger partial charge in [-0.3, -0.25) is 4.79 Å². The van der Waals surface area contributed by atoms with Crippen molar-refractivity contribution in [3.8, 4) is 11.1 Å². The van der Waals surface area contributed by atoms with E-state index < -0.39 is 0 Å². The molecule has 208 valence electrons. The fourth-order valence-corrected chi connectivity index (χ4v) is 7.08. The number of amides is 1. The maximum absolute atomic E-state index is 13.8. The van der Waals surface area contributed by atoms with Gasteiger partial charge in [0.25, 0.3) is 0 Å². The third kappa shape index (κ3) is 5.70. The number of carbonyl (C=O) groups is 1. The molecule has 0 bridgehead atoms. The van der Waals surface area contributed by atoms with Gasteiger partial charge in [0.15, 0.2) is 0 Å². The normalized spacial score (nSPS) is 17.6. The van der Waals surface area contributed by atoms with Crippen LogP contribution >= 0.6 is 11.6 Å². The first kappa shape index (κ1) is 27.1. The Morgan fingerprint density at radius 1 is 0.900 bits per heavy atom. The highest BCUT2D eigenvalue weighted by molar-refractivity contribution is 6.31. The van der Waals surface area contributed by atoms with E-state index in [1.165, 1.54) is 42.6 Å². The van der Waals surface area contributed by atoms with Crippen LogP contribution < -0.4 is 5.32 Å². The molecule has 3 aliphatic rings. The Morgan fingerprint density at radius 3 is 2.20 bits per heavy atom. The molecule has 0 atom stereocenters. The number of benzene rings is 3. The van der Waals surface area contributed by atoms with Gasteiger partial charge in [0, 0.05) is 30.4 Å². The molecule has 2 saturated heterocycles. The lowest BCUT2D eigenvalue weighted by molar-refractivity contribution is -0.133. The number of fused-ring (bicyclic) bond motifs is 3. The lowest BCUT2D eigenvalue weighted by Crippen LogP contribution is -2.41. The molecule has 0 spiro atoms. The highest BCUT2D eigenvalue weighted by Crippen LogP contribution is 2.45. The van der Waals surface area contributed by atoms with Crippen LogP contribution in [0.15, 0.2) is 73.3 Å². The Bertz CT molecular complexity index is 1330. The van der Waals surface area contributed by atoms with Crippen molar-refractivity contribution in [2.24, 2.45) is 5.92 Å². The highest BCUT2D eigenvalue weighted by Gasteiger charge is 2.37. The van der Waals surface area contributed by atoms with Gasteiger partial charge in [0.1, 0.15) is 0 Å². The van der Waals surface area contributed by atoms with Crippen LogP contribution in [-0.2, 0) is 11.2 Å². The predicted molar refractivity (Wildman–Crippen MR) is 166 cm³/mol. The maximum Gasteiger partial charge on any atom is 0.234 e. The fraction of sp³-hybridized carbons (Fsp3) is 0.400. The van der Waals surface area contributed by atoms with Crippen molar-refractivity contribution in [1.82, 2.24) is 15.1 Å². The molecule has 3 aromatic carbocycles. The van der Waals surface area contributed by atoms with Crippen LogP contribution in [0.5, 0.6) is 0 Å². The Labute approximate surface area is 244 Å². The van der Waals surface area contributed by atoms with E-state index >= 15 is 0 Å². The van der Waals surface area contributed by atoms with Gasteiger partial charge in [0.2, 0.25) is 5.91 Å². The number of carbonyl (C=O) groups excluding carboxylic acids is 1. The Kier molecular flexibility index (Phi) is 8.27. The van der Waals surface area contributed by atoms with Gasteiger partial charge in [-0.25, -0.2) is 0 Å². The van der Waals surface area contributed by atoms with Crippen molar-refractivity contribution in [3.63, 3.8) is 0 Å². The summed E-state index contributed by atoms with van der Waals surface area (Å²) >= 11 is 6.76. The van der Waals surface area contributed by atoms with E-state index in [9.17, 15) is 4.79 Å². The molecule has 0 radical (unpaired) electrons. The minimum Gasteiger partial charge on any atom is -0.385 e. The molecule has 2 fully saturated rings. The second-order valence-electron chi connectivity index (χ2n) is 11.7. The number of halogens is 1. The molecule has 0 aromatic heterocycles. The molecular weight excluding hydrogens is 514 g/mol. The van der Waals surface area contributed by atoms with Crippen LogP contribution in [0.1, 0.15) is 60.3 Å². The molecule has 1 aliphatic carbocycles. The maximum atomic E-state index is 13.8. The minimum absolute atomic E-state index is 0.187. The van der Waals surface area contributed by atoms with Crippen molar-refractivity contribution < 1.29 is 4.79 Å². The van der Waals surface area contributed by atoms with Crippen molar-refractivity contribution in [2.75, 3.05) is 39.3 Å². The van der Waals surface area contributed by atoms with Gasteiger partial charge in [-0.1, -0.05) is 78.8 Å². The average molecular weight is 554 g/mol. The first-order valence-electron chi connectivity index (χ1n) is 15.0. The standard InChI is InChI=1S/C35H40ClN3O/c1-25(37-17-8-20-38-18-6-7-19-38)27-13-14-28(33(36)24-27)23-26-15-21-39(22-16-26)35(40)34-31-11-4-2-9-29(31)30-10-3-5-12-32(30)34/h2-5,9-14,24,26,34,37H,1,6-8,15-23H2. The molecule has 2 aliphatic heterocycles. The number of piperidine rings is 1. The van der Waals surface area contributed by atoms with Crippen LogP contribution in [-0.4, -0.2) is 55.0 Å². The van der Waals surface area contributed by atoms with Crippen LogP contribution in [0.3, 0.4) is 0 Å². The van der Waals surface area contributed by atoms with Crippen LogP contribution in [0, 0.1) is 5.92 Å². The van der Waals surface area contributed by atoms with Crippen molar-refractivity contribution in [1.29, 1.82) is 0 Å². The first-order chi connectivity index (χ1) is 19.6. The Hall–Kier alpha value is -3.08. The van der Waals surface area contributed by atoms with Crippen LogP contribution in [0.25, 0.3) is 16.8 Å². The third-order valence-electron chi connectivity index (χ3n) is 9.11. The molecule has 1 N–H and O–H groups in total. The van der Waals surface area contributed by atoms with Crippen LogP contribution in [0.2, 0.25) is 5.02 Å². The van der Waals surface area contributed by atoms with Gasteiger partial charge >= 0.3 is 0 Å². The van der Waals surface area contributed by atoms with Gasteiger partial charge in [0.05, 0.1) is 5.92 Å². The summed E-state index contributed by atoms with van der Waals surface area (Å²) in [6.07, 6.45) is 6.77. The average Bonchev–Trinajstić information content (AvgIpc) is 3.62. The fourth-order valence-electron chi connectivity index (χ4n) is 6.82. The number of likely N-dealkylation sites (tertiary alicyclic amines) is 2. The number of hydrogen-bond acceptors (Lipinski definition) is 3. The van der Waals surface area contributed by atoms with E-state index in [1.807, 2.05) is 12.1 Å². The van der Waals surface area contributed by atoms with Gasteiger partial charge in [-0.05, 0) is 104 Å². The second-order valence-corrected chi connectivity index (χ2v) is 12.1. The van der Waals surface area contributed by atoms with E-state index in [4.69, 9.17) is 11.6 Å². The zero-order valence-electron chi connectivity index (χ0n) is 23.4. The summed E-state index contributed by atoms with van der Waals surface area (Å²) in [4.78, 5) is 18.4. The van der Waals surface area contributed by atoms with Gasteiger partial charge < -0.3 is 15.1 Å². The quantitative estimate of drug-likeness (QED) is 0.290. The van der Waals surface area contributed by atoms with Gasteiger partial charge in [-0.15, -0.1) is 0 Å². The predicted octanol–water partition coefficient (Wildman–Crippen LogP) is 6.98. The summed E-state index contributed by atoms with van der Waals surface area (Å²) in [5, 5.41) is 4.30. The summed E-state index contributed by atoms with van der Waals surface area (Å²) in [7, 11) is 0. The van der Waals surface area contributed by atoms with Crippen LogP contribution in [0.4, 0.5) is 0 Å². The van der Waals surface area contributed by atoms with E-state index in [-0.39, 0.29) is 11.8 Å². The molecule has 1 amide bonds. The summed E-state index contributed by atoms with van der Waals surface area (Å²) in [6.45, 7) is 10.4. The highest BCUT2D eigenvalue weighted by atomic mass is 35.5. The number of nitrogens with zero attached hydrogens (tertiary/aromatic N) is 2. The molecule has 40 heavy (non-hydrogen) atoms. The van der Waals surface area contributed by atoms with E-state index in [0.717, 1.165) is 79.3 Å². The molecule has 0 saturated carbocycles. The van der Waals surface area contributed by atoms with E-state index in [0.29, 0.717) is 5.92 Å².